The van der Waals surface area contributed by atoms with Crippen molar-refractivity contribution < 1.29 is 0 Å². The first-order chi connectivity index (χ1) is 9.65. The molecule has 2 N–H and O–H groups in total. The second kappa shape index (κ2) is 7.44. The van der Waals surface area contributed by atoms with E-state index in [1.807, 2.05) is 0 Å². The van der Waals surface area contributed by atoms with Gasteiger partial charge in [0.25, 0.3) is 0 Å². The molecular formula is C17H27ClN2. The fraction of sp³-hybridized carbons (Fsp3) is 0.647. The van der Waals surface area contributed by atoms with Crippen molar-refractivity contribution in [2.24, 2.45) is 11.7 Å². The van der Waals surface area contributed by atoms with Gasteiger partial charge in [0.15, 0.2) is 0 Å². The van der Waals surface area contributed by atoms with Gasteiger partial charge in [0, 0.05) is 17.6 Å². The second-order valence-electron chi connectivity index (χ2n) is 6.01. The van der Waals surface area contributed by atoms with Crippen LogP contribution in [0.5, 0.6) is 0 Å². The lowest BCUT2D eigenvalue weighted by molar-refractivity contribution is 0.105. The fourth-order valence-electron chi connectivity index (χ4n) is 3.41. The van der Waals surface area contributed by atoms with Gasteiger partial charge in [-0.1, -0.05) is 43.5 Å². The molecule has 1 aromatic rings. The Labute approximate surface area is 128 Å². The molecule has 0 bridgehead atoms. The van der Waals surface area contributed by atoms with E-state index in [-0.39, 0.29) is 0 Å². The summed E-state index contributed by atoms with van der Waals surface area (Å²) >= 11 is 6.39. The minimum atomic E-state index is 0.621. The van der Waals surface area contributed by atoms with E-state index in [2.05, 4.69) is 36.9 Å². The number of benzene rings is 1. The van der Waals surface area contributed by atoms with E-state index in [9.17, 15) is 0 Å². The topological polar surface area (TPSA) is 29.3 Å². The molecule has 0 aliphatic heterocycles. The van der Waals surface area contributed by atoms with Crippen LogP contribution in [-0.2, 0) is 6.54 Å². The molecule has 112 valence electrons. The van der Waals surface area contributed by atoms with Crippen molar-refractivity contribution in [1.82, 2.24) is 4.90 Å². The highest BCUT2D eigenvalue weighted by atomic mass is 35.5. The van der Waals surface area contributed by atoms with Gasteiger partial charge in [-0.2, -0.15) is 0 Å². The number of hydrogen-bond acceptors (Lipinski definition) is 2. The van der Waals surface area contributed by atoms with Gasteiger partial charge >= 0.3 is 0 Å². The van der Waals surface area contributed by atoms with E-state index in [1.54, 1.807) is 0 Å². The zero-order valence-corrected chi connectivity index (χ0v) is 13.5. The third-order valence-electron chi connectivity index (χ3n) is 4.63. The summed E-state index contributed by atoms with van der Waals surface area (Å²) in [7, 11) is 0. The first-order valence-electron chi connectivity index (χ1n) is 7.84. The van der Waals surface area contributed by atoms with E-state index < -0.39 is 0 Å². The van der Waals surface area contributed by atoms with Crippen LogP contribution in [-0.4, -0.2) is 24.0 Å². The molecule has 20 heavy (non-hydrogen) atoms. The van der Waals surface area contributed by atoms with Crippen LogP contribution in [0.2, 0.25) is 5.02 Å². The molecular weight excluding hydrogens is 268 g/mol. The Balaban J connectivity index is 2.11. The smallest absolute Gasteiger partial charge is 0.0453 e. The predicted molar refractivity (Wildman–Crippen MR) is 87.1 cm³/mol. The maximum Gasteiger partial charge on any atom is 0.0453 e. The van der Waals surface area contributed by atoms with Crippen LogP contribution in [0.25, 0.3) is 0 Å². The van der Waals surface area contributed by atoms with Gasteiger partial charge in [0.2, 0.25) is 0 Å². The van der Waals surface area contributed by atoms with Crippen molar-refractivity contribution in [3.63, 3.8) is 0 Å². The molecule has 0 aromatic heterocycles. The first kappa shape index (κ1) is 15.8. The molecule has 2 nitrogen and oxygen atoms in total. The van der Waals surface area contributed by atoms with Crippen LogP contribution in [0.1, 0.15) is 43.7 Å². The van der Waals surface area contributed by atoms with Gasteiger partial charge in [0.05, 0.1) is 0 Å². The van der Waals surface area contributed by atoms with Gasteiger partial charge in [0.1, 0.15) is 0 Å². The normalized spacial score (nSPS) is 23.2. The number of hydrogen-bond donors (Lipinski definition) is 1. The van der Waals surface area contributed by atoms with E-state index in [4.69, 9.17) is 17.3 Å². The van der Waals surface area contributed by atoms with Gasteiger partial charge in [-0.15, -0.1) is 0 Å². The van der Waals surface area contributed by atoms with Gasteiger partial charge in [-0.25, -0.2) is 0 Å². The number of nitrogens with two attached hydrogens (primary N) is 1. The SMILES string of the molecule is CCN(Cc1ccc(C)cc1Cl)C1CCCCC1CN. The molecule has 1 fully saturated rings. The van der Waals surface area contributed by atoms with Crippen molar-refractivity contribution in [3.8, 4) is 0 Å². The zero-order chi connectivity index (χ0) is 14.5. The molecule has 3 heteroatoms. The van der Waals surface area contributed by atoms with Crippen molar-refractivity contribution in [2.75, 3.05) is 13.1 Å². The van der Waals surface area contributed by atoms with Gasteiger partial charge in [-0.05, 0) is 56.0 Å². The van der Waals surface area contributed by atoms with Crippen molar-refractivity contribution >= 4 is 11.6 Å². The second-order valence-corrected chi connectivity index (χ2v) is 6.41. The summed E-state index contributed by atoms with van der Waals surface area (Å²) in [6.45, 7) is 7.13. The molecule has 0 heterocycles. The van der Waals surface area contributed by atoms with Crippen molar-refractivity contribution in [2.45, 2.75) is 52.1 Å². The maximum absolute atomic E-state index is 6.39. The van der Waals surface area contributed by atoms with E-state index >= 15 is 0 Å². The van der Waals surface area contributed by atoms with Crippen LogP contribution in [0.15, 0.2) is 18.2 Å². The van der Waals surface area contributed by atoms with E-state index in [1.165, 1.54) is 36.8 Å². The van der Waals surface area contributed by atoms with E-state index in [0.717, 1.165) is 24.7 Å². The summed E-state index contributed by atoms with van der Waals surface area (Å²) in [5.74, 6) is 0.646. The number of halogens is 1. The summed E-state index contributed by atoms with van der Waals surface area (Å²) < 4.78 is 0. The molecule has 1 aliphatic carbocycles. The Morgan fingerprint density at radius 3 is 2.70 bits per heavy atom. The molecule has 1 aromatic carbocycles. The third-order valence-corrected chi connectivity index (χ3v) is 4.98. The van der Waals surface area contributed by atoms with Crippen molar-refractivity contribution in [3.05, 3.63) is 34.3 Å². The first-order valence-corrected chi connectivity index (χ1v) is 8.22. The minimum absolute atomic E-state index is 0.621. The summed E-state index contributed by atoms with van der Waals surface area (Å²) in [6.07, 6.45) is 5.22. The number of rotatable bonds is 5. The monoisotopic (exact) mass is 294 g/mol. The Kier molecular flexibility index (Phi) is 5.88. The molecule has 2 rings (SSSR count). The molecule has 0 radical (unpaired) electrons. The lowest BCUT2D eigenvalue weighted by atomic mass is 9.83. The summed E-state index contributed by atoms with van der Waals surface area (Å²) in [5.41, 5.74) is 8.43. The average Bonchev–Trinajstić information content (AvgIpc) is 2.46. The van der Waals surface area contributed by atoms with Gasteiger partial charge < -0.3 is 5.73 Å². The van der Waals surface area contributed by atoms with Crippen molar-refractivity contribution in [1.29, 1.82) is 0 Å². The Hall–Kier alpha value is -0.570. The van der Waals surface area contributed by atoms with Crippen LogP contribution < -0.4 is 5.73 Å². The molecule has 0 amide bonds. The summed E-state index contributed by atoms with van der Waals surface area (Å²) in [5, 5.41) is 0.892. The Morgan fingerprint density at radius 2 is 2.05 bits per heavy atom. The Morgan fingerprint density at radius 1 is 1.30 bits per heavy atom. The van der Waals surface area contributed by atoms with Crippen LogP contribution in [0.4, 0.5) is 0 Å². The zero-order valence-electron chi connectivity index (χ0n) is 12.7. The predicted octanol–water partition coefficient (Wildman–Crippen LogP) is 3.99. The van der Waals surface area contributed by atoms with Crippen LogP contribution in [0.3, 0.4) is 0 Å². The average molecular weight is 295 g/mol. The number of nitrogens with zero attached hydrogens (tertiary/aromatic N) is 1. The van der Waals surface area contributed by atoms with Gasteiger partial charge in [-0.3, -0.25) is 4.90 Å². The summed E-state index contributed by atoms with van der Waals surface area (Å²) in [6, 6.07) is 7.00. The highest BCUT2D eigenvalue weighted by molar-refractivity contribution is 6.31. The summed E-state index contributed by atoms with van der Waals surface area (Å²) in [4.78, 5) is 2.56. The molecule has 2 unspecified atom stereocenters. The lowest BCUT2D eigenvalue weighted by Crippen LogP contribution is -2.44. The minimum Gasteiger partial charge on any atom is -0.330 e. The fourth-order valence-corrected chi connectivity index (χ4v) is 3.70. The molecule has 1 saturated carbocycles. The van der Waals surface area contributed by atoms with E-state index in [0.29, 0.717) is 12.0 Å². The quantitative estimate of drug-likeness (QED) is 0.890. The lowest BCUT2D eigenvalue weighted by Gasteiger charge is -2.39. The highest BCUT2D eigenvalue weighted by Gasteiger charge is 2.28. The molecule has 0 spiro atoms. The standard InChI is InChI=1S/C17H27ClN2/c1-3-20(17-7-5-4-6-14(17)11-19)12-15-9-8-13(2)10-16(15)18/h8-10,14,17H,3-7,11-12,19H2,1-2H3. The van der Waals surface area contributed by atoms with Crippen LogP contribution in [0, 0.1) is 12.8 Å². The third kappa shape index (κ3) is 3.75. The molecule has 1 aliphatic rings. The maximum atomic E-state index is 6.39. The number of aryl methyl sites for hydroxylation is 1. The largest absolute Gasteiger partial charge is 0.330 e. The highest BCUT2D eigenvalue weighted by Crippen LogP contribution is 2.30. The Bertz CT molecular complexity index is 433. The molecule has 2 atom stereocenters. The molecule has 0 saturated heterocycles. The van der Waals surface area contributed by atoms with Crippen LogP contribution >= 0.6 is 11.6 Å².